The molecule has 0 spiro atoms. The van der Waals surface area contributed by atoms with Crippen LogP contribution in [0.1, 0.15) is 33.5 Å². The summed E-state index contributed by atoms with van der Waals surface area (Å²) in [5.74, 6) is -0.0829. The second-order valence-electron chi connectivity index (χ2n) is 4.53. The van der Waals surface area contributed by atoms with Crippen LogP contribution in [0.4, 0.5) is 0 Å². The monoisotopic (exact) mass is 254 g/mol. The van der Waals surface area contributed by atoms with Crippen LogP contribution in [0.5, 0.6) is 0 Å². The number of aryl methyl sites for hydroxylation is 2. The van der Waals surface area contributed by atoms with Gasteiger partial charge in [0.25, 0.3) is 5.91 Å². The molecule has 2 unspecified atom stereocenters. The van der Waals surface area contributed by atoms with Crippen LogP contribution in [0.15, 0.2) is 6.07 Å². The molecule has 0 bridgehead atoms. The number of aliphatic hydroxyl groups excluding tert-OH is 1. The molecule has 1 aliphatic carbocycles. The van der Waals surface area contributed by atoms with Crippen molar-refractivity contribution in [2.45, 2.75) is 38.3 Å². The van der Waals surface area contributed by atoms with E-state index in [0.717, 1.165) is 17.7 Å². The molecule has 4 N–H and O–H groups in total. The van der Waals surface area contributed by atoms with Crippen molar-refractivity contribution in [2.75, 3.05) is 6.54 Å². The minimum Gasteiger partial charge on any atom is -0.392 e. The fraction of sp³-hybridized carbons (Fsp3) is 0.583. The summed E-state index contributed by atoms with van der Waals surface area (Å²) < 4.78 is 0. The van der Waals surface area contributed by atoms with Crippen molar-refractivity contribution in [3.05, 3.63) is 21.4 Å². The van der Waals surface area contributed by atoms with Gasteiger partial charge in [-0.3, -0.25) is 4.79 Å². The third kappa shape index (κ3) is 2.86. The van der Waals surface area contributed by atoms with Crippen molar-refractivity contribution < 1.29 is 9.90 Å². The van der Waals surface area contributed by atoms with Crippen LogP contribution in [0.25, 0.3) is 0 Å². The Morgan fingerprint density at radius 2 is 2.41 bits per heavy atom. The number of nitrogens with two attached hydrogens (primary N) is 1. The minimum absolute atomic E-state index is 0.0829. The molecular formula is C12H18N2O2S. The van der Waals surface area contributed by atoms with Gasteiger partial charge in [0.05, 0.1) is 11.0 Å². The van der Waals surface area contributed by atoms with Crippen LogP contribution in [0.3, 0.4) is 0 Å². The molecule has 1 heterocycles. The quantitative estimate of drug-likeness (QED) is 0.739. The highest BCUT2D eigenvalue weighted by Crippen LogP contribution is 2.30. The maximum absolute atomic E-state index is 11.8. The van der Waals surface area contributed by atoms with E-state index in [4.69, 9.17) is 5.73 Å². The fourth-order valence-electron chi connectivity index (χ4n) is 1.91. The first-order chi connectivity index (χ1) is 8.08. The van der Waals surface area contributed by atoms with Crippen LogP contribution in [0.2, 0.25) is 0 Å². The highest BCUT2D eigenvalue weighted by Gasteiger charge is 2.19. The summed E-state index contributed by atoms with van der Waals surface area (Å²) in [6.45, 7) is 1.93. The Labute approximate surface area is 105 Å². The topological polar surface area (TPSA) is 75.3 Å². The van der Waals surface area contributed by atoms with Crippen molar-refractivity contribution in [3.63, 3.8) is 0 Å². The van der Waals surface area contributed by atoms with Gasteiger partial charge >= 0.3 is 0 Å². The van der Waals surface area contributed by atoms with Gasteiger partial charge in [-0.2, -0.15) is 0 Å². The van der Waals surface area contributed by atoms with Crippen molar-refractivity contribution in [2.24, 2.45) is 5.73 Å². The molecule has 17 heavy (non-hydrogen) atoms. The Morgan fingerprint density at radius 1 is 1.65 bits per heavy atom. The second-order valence-corrected chi connectivity index (χ2v) is 5.66. The minimum atomic E-state index is -0.608. The number of fused-ring (bicyclic) bond motifs is 1. The van der Waals surface area contributed by atoms with E-state index in [1.54, 1.807) is 18.3 Å². The molecule has 0 fully saturated rings. The SMILES string of the molecule is CC(O)C(N)CNC(=O)c1cc2c(s1)CCC2. The molecule has 1 aromatic heterocycles. The second kappa shape index (κ2) is 5.16. The lowest BCUT2D eigenvalue weighted by Gasteiger charge is -2.14. The summed E-state index contributed by atoms with van der Waals surface area (Å²) in [6, 6.07) is 1.57. The van der Waals surface area contributed by atoms with Gasteiger partial charge in [-0.25, -0.2) is 0 Å². The van der Waals surface area contributed by atoms with E-state index in [1.807, 2.05) is 6.07 Å². The first-order valence-corrected chi connectivity index (χ1v) is 6.73. The van der Waals surface area contributed by atoms with Crippen molar-refractivity contribution in [3.8, 4) is 0 Å². The Bertz CT molecular complexity index is 393. The van der Waals surface area contributed by atoms with E-state index < -0.39 is 12.1 Å². The molecule has 0 aliphatic heterocycles. The number of thiophene rings is 1. The van der Waals surface area contributed by atoms with Crippen molar-refractivity contribution >= 4 is 17.2 Å². The molecule has 2 atom stereocenters. The zero-order chi connectivity index (χ0) is 12.4. The van der Waals surface area contributed by atoms with Crippen LogP contribution >= 0.6 is 11.3 Å². The maximum atomic E-state index is 11.8. The number of amides is 1. The molecule has 1 aliphatic rings. The van der Waals surface area contributed by atoms with E-state index in [1.165, 1.54) is 16.9 Å². The van der Waals surface area contributed by atoms with Crippen LogP contribution in [-0.4, -0.2) is 29.7 Å². The number of carbonyl (C=O) groups excluding carboxylic acids is 1. The third-order valence-electron chi connectivity index (χ3n) is 3.09. The zero-order valence-electron chi connectivity index (χ0n) is 9.90. The molecule has 1 aromatic rings. The normalized spacial score (nSPS) is 17.6. The lowest BCUT2D eigenvalue weighted by Crippen LogP contribution is -2.43. The van der Waals surface area contributed by atoms with Gasteiger partial charge in [-0.05, 0) is 37.8 Å². The standard InChI is InChI=1S/C12H18N2O2S/c1-7(15)9(13)6-14-12(16)11-5-8-3-2-4-10(8)17-11/h5,7,9,15H,2-4,6,13H2,1H3,(H,14,16). The first kappa shape index (κ1) is 12.5. The number of hydrogen-bond acceptors (Lipinski definition) is 4. The van der Waals surface area contributed by atoms with Gasteiger partial charge in [0.2, 0.25) is 0 Å². The predicted octanol–water partition coefficient (Wildman–Crippen LogP) is 0.675. The van der Waals surface area contributed by atoms with Gasteiger partial charge in [0.15, 0.2) is 0 Å². The van der Waals surface area contributed by atoms with Gasteiger partial charge in [-0.1, -0.05) is 0 Å². The Hall–Kier alpha value is -0.910. The van der Waals surface area contributed by atoms with Crippen molar-refractivity contribution in [1.82, 2.24) is 5.32 Å². The summed E-state index contributed by atoms with van der Waals surface area (Å²) in [4.78, 5) is 13.9. The number of nitrogens with one attached hydrogen (secondary N) is 1. The molecule has 2 rings (SSSR count). The van der Waals surface area contributed by atoms with Crippen LogP contribution in [-0.2, 0) is 12.8 Å². The Morgan fingerprint density at radius 3 is 3.06 bits per heavy atom. The van der Waals surface area contributed by atoms with Gasteiger partial charge in [0, 0.05) is 17.5 Å². The summed E-state index contributed by atoms with van der Waals surface area (Å²) in [7, 11) is 0. The van der Waals surface area contributed by atoms with E-state index in [9.17, 15) is 9.90 Å². The smallest absolute Gasteiger partial charge is 0.261 e. The van der Waals surface area contributed by atoms with Gasteiger partial charge < -0.3 is 16.2 Å². The molecular weight excluding hydrogens is 236 g/mol. The lowest BCUT2D eigenvalue weighted by molar-refractivity contribution is 0.0941. The summed E-state index contributed by atoms with van der Waals surface area (Å²) in [6.07, 6.45) is 2.78. The molecule has 94 valence electrons. The number of aliphatic hydroxyl groups is 1. The summed E-state index contributed by atoms with van der Waals surface area (Å²) in [5.41, 5.74) is 6.97. The van der Waals surface area contributed by atoms with E-state index >= 15 is 0 Å². The first-order valence-electron chi connectivity index (χ1n) is 5.91. The van der Waals surface area contributed by atoms with E-state index in [2.05, 4.69) is 5.32 Å². The number of hydrogen-bond donors (Lipinski definition) is 3. The van der Waals surface area contributed by atoms with Crippen molar-refractivity contribution in [1.29, 1.82) is 0 Å². The molecule has 1 amide bonds. The Kier molecular flexibility index (Phi) is 3.81. The Balaban J connectivity index is 1.91. The van der Waals surface area contributed by atoms with Gasteiger partial charge in [-0.15, -0.1) is 11.3 Å². The maximum Gasteiger partial charge on any atom is 0.261 e. The average molecular weight is 254 g/mol. The molecule has 4 nitrogen and oxygen atoms in total. The molecule has 0 saturated heterocycles. The fourth-order valence-corrected chi connectivity index (χ4v) is 3.08. The zero-order valence-corrected chi connectivity index (χ0v) is 10.7. The predicted molar refractivity (Wildman–Crippen MR) is 68.3 cm³/mol. The number of carbonyl (C=O) groups is 1. The molecule has 0 radical (unpaired) electrons. The van der Waals surface area contributed by atoms with Crippen LogP contribution in [0, 0.1) is 0 Å². The number of rotatable bonds is 4. The molecule has 0 saturated carbocycles. The average Bonchev–Trinajstić information content (AvgIpc) is 2.84. The van der Waals surface area contributed by atoms with E-state index in [0.29, 0.717) is 6.54 Å². The largest absolute Gasteiger partial charge is 0.392 e. The summed E-state index contributed by atoms with van der Waals surface area (Å²) >= 11 is 1.57. The van der Waals surface area contributed by atoms with E-state index in [-0.39, 0.29) is 5.91 Å². The molecule has 0 aromatic carbocycles. The van der Waals surface area contributed by atoms with Crippen LogP contribution < -0.4 is 11.1 Å². The summed E-state index contributed by atoms with van der Waals surface area (Å²) in [5, 5.41) is 12.0. The highest BCUT2D eigenvalue weighted by molar-refractivity contribution is 7.14. The molecule has 5 heteroatoms. The highest BCUT2D eigenvalue weighted by atomic mass is 32.1. The van der Waals surface area contributed by atoms with Gasteiger partial charge in [0.1, 0.15) is 0 Å². The lowest BCUT2D eigenvalue weighted by atomic mass is 10.2. The third-order valence-corrected chi connectivity index (χ3v) is 4.32.